The van der Waals surface area contributed by atoms with E-state index in [9.17, 15) is 9.59 Å². The molecule has 2 atom stereocenters. The van der Waals surface area contributed by atoms with Crippen LogP contribution in [0.25, 0.3) is 0 Å². The van der Waals surface area contributed by atoms with Crippen molar-refractivity contribution in [3.05, 3.63) is 29.3 Å². The Kier molecular flexibility index (Phi) is 3.01. The Morgan fingerprint density at radius 2 is 2.21 bits per heavy atom. The summed E-state index contributed by atoms with van der Waals surface area (Å²) in [6.07, 6.45) is 3.73. The number of carbonyl (C=O) groups is 2. The Labute approximate surface area is 112 Å². The minimum absolute atomic E-state index is 0.00261. The van der Waals surface area contributed by atoms with Crippen LogP contribution >= 0.6 is 0 Å². The molecule has 19 heavy (non-hydrogen) atoms. The molecule has 1 aliphatic heterocycles. The number of rotatable bonds is 2. The lowest BCUT2D eigenvalue weighted by Gasteiger charge is -2.13. The van der Waals surface area contributed by atoms with Gasteiger partial charge in [0.2, 0.25) is 5.91 Å². The Bertz CT molecular complexity index is 539. The SMILES string of the molecule is CC1CCC(NC(=O)c2ccc3c(c2)NC(=O)C3)C1. The predicted octanol–water partition coefficient (Wildman–Crippen LogP) is 2.10. The van der Waals surface area contributed by atoms with Crippen LogP contribution < -0.4 is 10.6 Å². The number of fused-ring (bicyclic) bond motifs is 1. The molecule has 2 unspecified atom stereocenters. The molecule has 0 spiro atoms. The van der Waals surface area contributed by atoms with Gasteiger partial charge in [-0.25, -0.2) is 0 Å². The molecular formula is C15H18N2O2. The minimum Gasteiger partial charge on any atom is -0.349 e. The standard InChI is InChI=1S/C15H18N2O2/c1-9-2-5-12(6-9)16-15(19)11-4-3-10-8-14(18)17-13(10)7-11/h3-4,7,9,12H,2,5-6,8H2,1H3,(H,16,19)(H,17,18). The van der Waals surface area contributed by atoms with Crippen LogP contribution in [0.4, 0.5) is 5.69 Å². The van der Waals surface area contributed by atoms with Crippen LogP contribution in [0, 0.1) is 5.92 Å². The van der Waals surface area contributed by atoms with Crippen LogP contribution in [0.5, 0.6) is 0 Å². The lowest BCUT2D eigenvalue weighted by molar-refractivity contribution is -0.115. The smallest absolute Gasteiger partial charge is 0.251 e. The third-order valence-corrected chi connectivity index (χ3v) is 4.03. The second-order valence-electron chi connectivity index (χ2n) is 5.69. The largest absolute Gasteiger partial charge is 0.349 e. The summed E-state index contributed by atoms with van der Waals surface area (Å²) in [5, 5.41) is 5.85. The van der Waals surface area contributed by atoms with Gasteiger partial charge in [-0.1, -0.05) is 13.0 Å². The Balaban J connectivity index is 1.71. The molecular weight excluding hydrogens is 240 g/mol. The zero-order valence-corrected chi connectivity index (χ0v) is 11.0. The van der Waals surface area contributed by atoms with Crippen LogP contribution in [-0.2, 0) is 11.2 Å². The zero-order valence-electron chi connectivity index (χ0n) is 11.0. The van der Waals surface area contributed by atoms with E-state index in [1.54, 1.807) is 12.1 Å². The molecule has 1 aliphatic carbocycles. The lowest BCUT2D eigenvalue weighted by atomic mass is 10.1. The van der Waals surface area contributed by atoms with Gasteiger partial charge in [0.15, 0.2) is 0 Å². The van der Waals surface area contributed by atoms with E-state index in [0.29, 0.717) is 23.9 Å². The van der Waals surface area contributed by atoms with Gasteiger partial charge in [0, 0.05) is 17.3 Å². The summed E-state index contributed by atoms with van der Waals surface area (Å²) in [5.74, 6) is 0.657. The summed E-state index contributed by atoms with van der Waals surface area (Å²) >= 11 is 0. The quantitative estimate of drug-likeness (QED) is 0.853. The van der Waals surface area contributed by atoms with E-state index < -0.39 is 0 Å². The first kappa shape index (κ1) is 12.2. The highest BCUT2D eigenvalue weighted by Crippen LogP contribution is 2.26. The molecule has 2 aliphatic rings. The fraction of sp³-hybridized carbons (Fsp3) is 0.467. The van der Waals surface area contributed by atoms with Gasteiger partial charge < -0.3 is 10.6 Å². The van der Waals surface area contributed by atoms with E-state index in [1.807, 2.05) is 6.07 Å². The molecule has 0 saturated heterocycles. The van der Waals surface area contributed by atoms with E-state index >= 15 is 0 Å². The van der Waals surface area contributed by atoms with E-state index in [0.717, 1.165) is 24.1 Å². The second kappa shape index (κ2) is 4.68. The van der Waals surface area contributed by atoms with Crippen molar-refractivity contribution < 1.29 is 9.59 Å². The van der Waals surface area contributed by atoms with Gasteiger partial charge in [0.1, 0.15) is 0 Å². The molecule has 1 aromatic carbocycles. The fourth-order valence-corrected chi connectivity index (χ4v) is 2.96. The topological polar surface area (TPSA) is 58.2 Å². The van der Waals surface area contributed by atoms with E-state index in [1.165, 1.54) is 6.42 Å². The summed E-state index contributed by atoms with van der Waals surface area (Å²) in [6, 6.07) is 5.73. The molecule has 1 saturated carbocycles. The van der Waals surface area contributed by atoms with Gasteiger partial charge >= 0.3 is 0 Å². The Morgan fingerprint density at radius 1 is 1.37 bits per heavy atom. The molecule has 3 rings (SSSR count). The Hall–Kier alpha value is -1.84. The van der Waals surface area contributed by atoms with Crippen molar-refractivity contribution in [2.24, 2.45) is 5.92 Å². The maximum atomic E-state index is 12.2. The number of nitrogens with one attached hydrogen (secondary N) is 2. The highest BCUT2D eigenvalue weighted by Gasteiger charge is 2.24. The van der Waals surface area contributed by atoms with Crippen molar-refractivity contribution in [3.8, 4) is 0 Å². The van der Waals surface area contributed by atoms with Crippen LogP contribution in [0.15, 0.2) is 18.2 Å². The molecule has 0 bridgehead atoms. The molecule has 1 heterocycles. The van der Waals surface area contributed by atoms with Gasteiger partial charge in [0.05, 0.1) is 6.42 Å². The fourth-order valence-electron chi connectivity index (χ4n) is 2.96. The maximum Gasteiger partial charge on any atom is 0.251 e. The van der Waals surface area contributed by atoms with Gasteiger partial charge in [-0.3, -0.25) is 9.59 Å². The van der Waals surface area contributed by atoms with Gasteiger partial charge in [-0.2, -0.15) is 0 Å². The van der Waals surface area contributed by atoms with Gasteiger partial charge in [-0.15, -0.1) is 0 Å². The predicted molar refractivity (Wildman–Crippen MR) is 73.0 cm³/mol. The summed E-state index contributed by atoms with van der Waals surface area (Å²) in [4.78, 5) is 23.4. The highest BCUT2D eigenvalue weighted by molar-refractivity contribution is 6.02. The van der Waals surface area contributed by atoms with Crippen LogP contribution in [-0.4, -0.2) is 17.9 Å². The normalized spacial score (nSPS) is 25.0. The first-order valence-electron chi connectivity index (χ1n) is 6.85. The van der Waals surface area contributed by atoms with Crippen molar-refractivity contribution in [2.75, 3.05) is 5.32 Å². The highest BCUT2D eigenvalue weighted by atomic mass is 16.2. The summed E-state index contributed by atoms with van der Waals surface area (Å²) in [6.45, 7) is 2.22. The minimum atomic E-state index is -0.0388. The van der Waals surface area contributed by atoms with Gasteiger partial charge in [0.25, 0.3) is 5.91 Å². The maximum absolute atomic E-state index is 12.2. The van der Waals surface area contributed by atoms with E-state index in [2.05, 4.69) is 17.6 Å². The molecule has 0 aromatic heterocycles. The molecule has 2 amide bonds. The number of anilines is 1. The van der Waals surface area contributed by atoms with Crippen LogP contribution in [0.2, 0.25) is 0 Å². The summed E-state index contributed by atoms with van der Waals surface area (Å²) < 4.78 is 0. The number of carbonyl (C=O) groups excluding carboxylic acids is 2. The lowest BCUT2D eigenvalue weighted by Crippen LogP contribution is -2.32. The number of amides is 2. The Morgan fingerprint density at radius 3 is 2.95 bits per heavy atom. The third-order valence-electron chi connectivity index (χ3n) is 4.03. The molecule has 4 heteroatoms. The van der Waals surface area contributed by atoms with Crippen molar-refractivity contribution in [3.63, 3.8) is 0 Å². The first-order valence-corrected chi connectivity index (χ1v) is 6.85. The summed E-state index contributed by atoms with van der Waals surface area (Å²) in [5.41, 5.74) is 2.37. The van der Waals surface area contributed by atoms with Crippen LogP contribution in [0.3, 0.4) is 0 Å². The monoisotopic (exact) mass is 258 g/mol. The number of hydrogen-bond acceptors (Lipinski definition) is 2. The van der Waals surface area contributed by atoms with Gasteiger partial charge in [-0.05, 0) is 42.9 Å². The van der Waals surface area contributed by atoms with Crippen molar-refractivity contribution in [1.82, 2.24) is 5.32 Å². The van der Waals surface area contributed by atoms with Crippen molar-refractivity contribution >= 4 is 17.5 Å². The number of hydrogen-bond donors (Lipinski definition) is 2. The molecule has 100 valence electrons. The average molecular weight is 258 g/mol. The molecule has 1 fully saturated rings. The van der Waals surface area contributed by atoms with Crippen molar-refractivity contribution in [2.45, 2.75) is 38.6 Å². The van der Waals surface area contributed by atoms with E-state index in [4.69, 9.17) is 0 Å². The third kappa shape index (κ3) is 2.48. The summed E-state index contributed by atoms with van der Waals surface area (Å²) in [7, 11) is 0. The number of benzene rings is 1. The second-order valence-corrected chi connectivity index (χ2v) is 5.69. The van der Waals surface area contributed by atoms with Crippen LogP contribution in [0.1, 0.15) is 42.1 Å². The van der Waals surface area contributed by atoms with E-state index in [-0.39, 0.29) is 11.8 Å². The zero-order chi connectivity index (χ0) is 13.4. The molecule has 0 radical (unpaired) electrons. The average Bonchev–Trinajstić information content (AvgIpc) is 2.93. The first-order chi connectivity index (χ1) is 9.11. The molecule has 1 aromatic rings. The molecule has 2 N–H and O–H groups in total. The molecule has 4 nitrogen and oxygen atoms in total. The van der Waals surface area contributed by atoms with Crippen molar-refractivity contribution in [1.29, 1.82) is 0 Å².